The monoisotopic (exact) mass is 316 g/mol. The largest absolute Gasteiger partial charge is 0.456 e. The van der Waals surface area contributed by atoms with Crippen LogP contribution in [0.2, 0.25) is 0 Å². The maximum absolute atomic E-state index is 11.9. The Kier molecular flexibility index (Phi) is 3.14. The lowest BCUT2D eigenvalue weighted by molar-refractivity contribution is -0.171. The van der Waals surface area contributed by atoms with Crippen molar-refractivity contribution in [2.75, 3.05) is 6.61 Å². The summed E-state index contributed by atoms with van der Waals surface area (Å²) in [5.74, 6) is -1.60. The first-order valence-electron chi connectivity index (χ1n) is 6.71. The molecule has 0 aromatic rings. The fourth-order valence-corrected chi connectivity index (χ4v) is 5.99. The van der Waals surface area contributed by atoms with Gasteiger partial charge in [0.15, 0.2) is 6.61 Å². The number of esters is 2. The topological polar surface area (TPSA) is 96.0 Å². The second kappa shape index (κ2) is 4.54. The predicted molar refractivity (Wildman–Crippen MR) is 69.4 cm³/mol. The quantitative estimate of drug-likeness (QED) is 0.414. The summed E-state index contributed by atoms with van der Waals surface area (Å²) in [7, 11) is -3.58. The van der Waals surface area contributed by atoms with Gasteiger partial charge in [0.05, 0.1) is 5.25 Å². The zero-order chi connectivity index (χ0) is 15.4. The second-order valence-corrected chi connectivity index (χ2v) is 7.62. The number of carbonyl (C=O) groups is 2. The van der Waals surface area contributed by atoms with Crippen LogP contribution in [-0.2, 0) is 33.4 Å². The van der Waals surface area contributed by atoms with E-state index in [1.807, 2.05) is 0 Å². The third-order valence-electron chi connectivity index (χ3n) is 4.69. The van der Waals surface area contributed by atoms with Gasteiger partial charge in [0, 0.05) is 17.9 Å². The molecular weight excluding hydrogens is 300 g/mol. The van der Waals surface area contributed by atoms with E-state index >= 15 is 0 Å². The van der Waals surface area contributed by atoms with E-state index in [0.29, 0.717) is 12.8 Å². The Bertz CT molecular complexity index is 610. The summed E-state index contributed by atoms with van der Waals surface area (Å²) in [5.41, 5.74) is -0.996. The minimum atomic E-state index is -3.58. The van der Waals surface area contributed by atoms with E-state index in [1.54, 1.807) is 6.92 Å². The summed E-state index contributed by atoms with van der Waals surface area (Å²) in [6.45, 7) is 4.36. The molecular formula is C13H16O7S. The molecule has 0 aromatic heterocycles. The third kappa shape index (κ3) is 2.08. The molecule has 0 amide bonds. The van der Waals surface area contributed by atoms with Gasteiger partial charge in [-0.15, -0.1) is 0 Å². The van der Waals surface area contributed by atoms with Gasteiger partial charge in [0.1, 0.15) is 11.7 Å². The number of hydrogen-bond acceptors (Lipinski definition) is 7. The molecule has 21 heavy (non-hydrogen) atoms. The molecule has 3 aliphatic rings. The summed E-state index contributed by atoms with van der Waals surface area (Å²) >= 11 is 0. The summed E-state index contributed by atoms with van der Waals surface area (Å²) in [4.78, 5) is 22.6. The van der Waals surface area contributed by atoms with Crippen molar-refractivity contribution < 1.29 is 31.7 Å². The number of hydrogen-bond donors (Lipinski definition) is 0. The molecule has 8 heteroatoms. The summed E-state index contributed by atoms with van der Waals surface area (Å²) in [5, 5.41) is -0.485. The number of fused-ring (bicyclic) bond motifs is 1. The van der Waals surface area contributed by atoms with Crippen molar-refractivity contribution in [2.45, 2.75) is 36.7 Å². The predicted octanol–water partition coefficient (Wildman–Crippen LogP) is 0.155. The molecule has 1 heterocycles. The molecule has 5 unspecified atom stereocenters. The Morgan fingerprint density at radius 3 is 2.81 bits per heavy atom. The molecule has 5 atom stereocenters. The van der Waals surface area contributed by atoms with Gasteiger partial charge in [-0.2, -0.15) is 8.42 Å². The Labute approximate surface area is 122 Å². The highest BCUT2D eigenvalue weighted by molar-refractivity contribution is 7.87. The van der Waals surface area contributed by atoms with Crippen molar-refractivity contribution in [1.82, 2.24) is 0 Å². The lowest BCUT2D eigenvalue weighted by Gasteiger charge is -2.33. The molecule has 0 aromatic carbocycles. The van der Waals surface area contributed by atoms with E-state index in [0.717, 1.165) is 6.08 Å². The lowest BCUT2D eigenvalue weighted by Crippen LogP contribution is -2.47. The zero-order valence-corrected chi connectivity index (χ0v) is 12.3. The molecule has 1 aliphatic heterocycles. The Hall–Kier alpha value is -1.41. The first kappa shape index (κ1) is 14.5. The summed E-state index contributed by atoms with van der Waals surface area (Å²) in [6.07, 6.45) is 1.45. The molecule has 0 radical (unpaired) electrons. The molecule has 2 bridgehead atoms. The van der Waals surface area contributed by atoms with Gasteiger partial charge in [0.25, 0.3) is 10.1 Å². The van der Waals surface area contributed by atoms with Gasteiger partial charge in [-0.25, -0.2) is 9.59 Å². The molecule has 0 spiro atoms. The first-order chi connectivity index (χ1) is 9.78. The SMILES string of the molecule is C=CC(=O)OCC(=O)OC1C2CC3C(C2)S(=O)(=O)OC31C. The molecule has 116 valence electrons. The standard InChI is InChI=1S/C13H16O7S/c1-3-10(14)18-6-11(15)19-12-7-4-8-9(5-7)21(16,17)20-13(8,12)2/h3,7-9,12H,1,4-6H2,2H3. The van der Waals surface area contributed by atoms with Gasteiger partial charge in [-0.1, -0.05) is 6.58 Å². The molecule has 1 saturated heterocycles. The average molecular weight is 316 g/mol. The van der Waals surface area contributed by atoms with Gasteiger partial charge >= 0.3 is 11.9 Å². The van der Waals surface area contributed by atoms with Crippen LogP contribution in [0.25, 0.3) is 0 Å². The van der Waals surface area contributed by atoms with Gasteiger partial charge < -0.3 is 9.47 Å². The summed E-state index contributed by atoms with van der Waals surface area (Å²) < 4.78 is 39.0. The highest BCUT2D eigenvalue weighted by Gasteiger charge is 2.71. The number of ether oxygens (including phenoxy) is 2. The van der Waals surface area contributed by atoms with Gasteiger partial charge in [-0.3, -0.25) is 4.18 Å². The van der Waals surface area contributed by atoms with E-state index < -0.39 is 45.6 Å². The molecule has 2 aliphatic carbocycles. The van der Waals surface area contributed by atoms with Crippen LogP contribution in [0.3, 0.4) is 0 Å². The van der Waals surface area contributed by atoms with Gasteiger partial charge in [-0.05, 0) is 19.8 Å². The van der Waals surface area contributed by atoms with Crippen LogP contribution in [-0.4, -0.2) is 43.9 Å². The van der Waals surface area contributed by atoms with Crippen molar-refractivity contribution >= 4 is 22.1 Å². The Morgan fingerprint density at radius 2 is 2.14 bits per heavy atom. The number of rotatable bonds is 4. The molecule has 7 nitrogen and oxygen atoms in total. The Morgan fingerprint density at radius 1 is 1.43 bits per heavy atom. The summed E-state index contributed by atoms with van der Waals surface area (Å²) in [6, 6.07) is 0. The number of carbonyl (C=O) groups excluding carboxylic acids is 2. The molecule has 2 saturated carbocycles. The van der Waals surface area contributed by atoms with Crippen LogP contribution >= 0.6 is 0 Å². The van der Waals surface area contributed by atoms with Crippen molar-refractivity contribution in [3.8, 4) is 0 Å². The van der Waals surface area contributed by atoms with Crippen molar-refractivity contribution in [1.29, 1.82) is 0 Å². The van der Waals surface area contributed by atoms with Crippen LogP contribution in [0.1, 0.15) is 19.8 Å². The first-order valence-corrected chi connectivity index (χ1v) is 8.18. The lowest BCUT2D eigenvalue weighted by atomic mass is 9.83. The van der Waals surface area contributed by atoms with E-state index in [-0.39, 0.29) is 11.8 Å². The molecule has 3 fully saturated rings. The minimum Gasteiger partial charge on any atom is -0.456 e. The van der Waals surface area contributed by atoms with Crippen LogP contribution in [0, 0.1) is 11.8 Å². The van der Waals surface area contributed by atoms with Gasteiger partial charge in [0.2, 0.25) is 0 Å². The van der Waals surface area contributed by atoms with Crippen molar-refractivity contribution in [2.24, 2.45) is 11.8 Å². The molecule has 3 rings (SSSR count). The minimum absolute atomic E-state index is 0.0265. The van der Waals surface area contributed by atoms with E-state index in [4.69, 9.17) is 8.92 Å². The third-order valence-corrected chi connectivity index (χ3v) is 6.55. The normalized spacial score (nSPS) is 41.8. The van der Waals surface area contributed by atoms with E-state index in [2.05, 4.69) is 11.3 Å². The van der Waals surface area contributed by atoms with Crippen LogP contribution in [0.5, 0.6) is 0 Å². The fraction of sp³-hybridized carbons (Fsp3) is 0.692. The van der Waals surface area contributed by atoms with Crippen molar-refractivity contribution in [3.63, 3.8) is 0 Å². The van der Waals surface area contributed by atoms with Crippen LogP contribution < -0.4 is 0 Å². The average Bonchev–Trinajstić information content (AvgIpc) is 2.98. The van der Waals surface area contributed by atoms with E-state index in [1.165, 1.54) is 0 Å². The Balaban J connectivity index is 1.69. The van der Waals surface area contributed by atoms with Crippen molar-refractivity contribution in [3.05, 3.63) is 12.7 Å². The zero-order valence-electron chi connectivity index (χ0n) is 11.5. The van der Waals surface area contributed by atoms with Crippen LogP contribution in [0.4, 0.5) is 0 Å². The van der Waals surface area contributed by atoms with E-state index in [9.17, 15) is 18.0 Å². The highest BCUT2D eigenvalue weighted by atomic mass is 32.2. The highest BCUT2D eigenvalue weighted by Crippen LogP contribution is 2.61. The smallest absolute Gasteiger partial charge is 0.344 e. The second-order valence-electron chi connectivity index (χ2n) is 5.86. The van der Waals surface area contributed by atoms with Crippen LogP contribution in [0.15, 0.2) is 12.7 Å². The maximum Gasteiger partial charge on any atom is 0.344 e. The molecule has 0 N–H and O–H groups in total. The maximum atomic E-state index is 11.9. The fourth-order valence-electron chi connectivity index (χ4n) is 3.88.